The lowest BCUT2D eigenvalue weighted by atomic mass is 10.0. The van der Waals surface area contributed by atoms with Gasteiger partial charge in [-0.1, -0.05) is 29.5 Å². The van der Waals surface area contributed by atoms with Crippen molar-refractivity contribution in [3.05, 3.63) is 65.1 Å². The van der Waals surface area contributed by atoms with E-state index in [0.717, 1.165) is 33.8 Å². The normalized spacial score (nSPS) is 13.4. The van der Waals surface area contributed by atoms with Gasteiger partial charge in [0.25, 0.3) is 0 Å². The van der Waals surface area contributed by atoms with Crippen LogP contribution >= 0.6 is 0 Å². The summed E-state index contributed by atoms with van der Waals surface area (Å²) >= 11 is 0. The zero-order valence-electron chi connectivity index (χ0n) is 12.2. The first kappa shape index (κ1) is 13.2. The number of rotatable bonds is 1. The van der Waals surface area contributed by atoms with E-state index in [9.17, 15) is 4.39 Å². The molecule has 0 spiro atoms. The van der Waals surface area contributed by atoms with Crippen LogP contribution in [-0.2, 0) is 13.1 Å². The van der Waals surface area contributed by atoms with Gasteiger partial charge in [0.15, 0.2) is 0 Å². The van der Waals surface area contributed by atoms with Gasteiger partial charge < -0.3 is 5.32 Å². The Hall–Kier alpha value is -2.53. The summed E-state index contributed by atoms with van der Waals surface area (Å²) in [6.07, 6.45) is 0. The van der Waals surface area contributed by atoms with Crippen LogP contribution in [0.25, 0.3) is 16.9 Å². The van der Waals surface area contributed by atoms with Crippen molar-refractivity contribution < 1.29 is 4.39 Å². The molecule has 5 heteroatoms. The van der Waals surface area contributed by atoms with Crippen molar-refractivity contribution >= 4 is 0 Å². The Balaban J connectivity index is 1.92. The van der Waals surface area contributed by atoms with Gasteiger partial charge in [0, 0.05) is 18.7 Å². The molecule has 0 radical (unpaired) electrons. The minimum absolute atomic E-state index is 0.233. The van der Waals surface area contributed by atoms with Crippen LogP contribution in [0.1, 0.15) is 16.8 Å². The summed E-state index contributed by atoms with van der Waals surface area (Å²) in [5.74, 6) is -0.233. The number of halogens is 1. The highest BCUT2D eigenvalue weighted by molar-refractivity contribution is 5.66. The second-order valence-electron chi connectivity index (χ2n) is 5.49. The van der Waals surface area contributed by atoms with Crippen molar-refractivity contribution in [3.63, 3.8) is 0 Å². The van der Waals surface area contributed by atoms with E-state index < -0.39 is 0 Å². The van der Waals surface area contributed by atoms with Crippen LogP contribution in [0.3, 0.4) is 0 Å². The van der Waals surface area contributed by atoms with Crippen LogP contribution in [0, 0.1) is 12.7 Å². The molecule has 0 unspecified atom stereocenters. The fourth-order valence-electron chi connectivity index (χ4n) is 2.92. The minimum Gasteiger partial charge on any atom is -0.307 e. The molecular weight excluding hydrogens is 279 g/mol. The Morgan fingerprint density at radius 1 is 1.14 bits per heavy atom. The van der Waals surface area contributed by atoms with Crippen LogP contribution in [-0.4, -0.2) is 15.0 Å². The number of benzene rings is 2. The monoisotopic (exact) mass is 294 g/mol. The molecule has 2 aromatic carbocycles. The molecule has 1 aliphatic rings. The van der Waals surface area contributed by atoms with Gasteiger partial charge in [-0.3, -0.25) is 0 Å². The van der Waals surface area contributed by atoms with Crippen molar-refractivity contribution in [3.8, 4) is 16.9 Å². The lowest BCUT2D eigenvalue weighted by Gasteiger charge is -2.07. The number of nitrogens with one attached hydrogen (secondary N) is 1. The van der Waals surface area contributed by atoms with Crippen LogP contribution in [0.5, 0.6) is 0 Å². The summed E-state index contributed by atoms with van der Waals surface area (Å²) in [5.41, 5.74) is 5.89. The van der Waals surface area contributed by atoms with E-state index in [1.807, 2.05) is 16.8 Å². The standard InChI is InChI=1S/C17H15FN4/c1-11-4-2-3-5-14(11)17-16-10-19-9-12-8-13(18)6-7-15(12)22(16)21-20-17/h2-8,19H,9-10H2,1H3. The highest BCUT2D eigenvalue weighted by Crippen LogP contribution is 2.28. The molecule has 22 heavy (non-hydrogen) atoms. The third-order valence-electron chi connectivity index (χ3n) is 4.04. The van der Waals surface area contributed by atoms with Gasteiger partial charge in [0.05, 0.1) is 11.4 Å². The number of hydrogen-bond acceptors (Lipinski definition) is 3. The number of aromatic nitrogens is 3. The van der Waals surface area contributed by atoms with E-state index in [1.54, 1.807) is 12.1 Å². The highest BCUT2D eigenvalue weighted by atomic mass is 19.1. The van der Waals surface area contributed by atoms with Gasteiger partial charge >= 0.3 is 0 Å². The van der Waals surface area contributed by atoms with Gasteiger partial charge in [-0.05, 0) is 36.2 Å². The van der Waals surface area contributed by atoms with Crippen molar-refractivity contribution in [2.75, 3.05) is 0 Å². The van der Waals surface area contributed by atoms with E-state index in [-0.39, 0.29) is 5.82 Å². The first-order valence-electron chi connectivity index (χ1n) is 7.24. The first-order valence-corrected chi connectivity index (χ1v) is 7.24. The molecule has 1 aromatic heterocycles. The smallest absolute Gasteiger partial charge is 0.123 e. The van der Waals surface area contributed by atoms with Crippen LogP contribution < -0.4 is 5.32 Å². The van der Waals surface area contributed by atoms with Gasteiger partial charge in [-0.15, -0.1) is 5.10 Å². The second kappa shape index (κ2) is 5.03. The average Bonchev–Trinajstić information content (AvgIpc) is 2.83. The van der Waals surface area contributed by atoms with Crippen LogP contribution in [0.15, 0.2) is 42.5 Å². The maximum atomic E-state index is 13.5. The molecule has 110 valence electrons. The highest BCUT2D eigenvalue weighted by Gasteiger charge is 2.21. The lowest BCUT2D eigenvalue weighted by molar-refractivity contribution is 0.621. The molecule has 3 aromatic rings. The van der Waals surface area contributed by atoms with Gasteiger partial charge in [0.1, 0.15) is 11.5 Å². The third-order valence-corrected chi connectivity index (χ3v) is 4.04. The van der Waals surface area contributed by atoms with E-state index in [0.29, 0.717) is 13.1 Å². The van der Waals surface area contributed by atoms with Crippen molar-refractivity contribution in [2.45, 2.75) is 20.0 Å². The second-order valence-corrected chi connectivity index (χ2v) is 5.49. The van der Waals surface area contributed by atoms with E-state index in [2.05, 4.69) is 34.7 Å². The number of fused-ring (bicyclic) bond motifs is 3. The molecule has 0 fully saturated rings. The lowest BCUT2D eigenvalue weighted by Crippen LogP contribution is -2.11. The Kier molecular flexibility index (Phi) is 3.01. The zero-order valence-corrected chi connectivity index (χ0v) is 12.2. The fraction of sp³-hybridized carbons (Fsp3) is 0.176. The summed E-state index contributed by atoms with van der Waals surface area (Å²) in [4.78, 5) is 0. The molecule has 0 saturated heterocycles. The summed E-state index contributed by atoms with van der Waals surface area (Å²) in [7, 11) is 0. The molecule has 1 aliphatic heterocycles. The molecule has 0 saturated carbocycles. The van der Waals surface area contributed by atoms with Crippen molar-refractivity contribution in [2.24, 2.45) is 0 Å². The molecule has 0 atom stereocenters. The zero-order chi connectivity index (χ0) is 15.1. The molecule has 2 heterocycles. The summed E-state index contributed by atoms with van der Waals surface area (Å²) in [6.45, 7) is 3.32. The van der Waals surface area contributed by atoms with E-state index in [1.165, 1.54) is 6.07 Å². The molecular formula is C17H15FN4. The Morgan fingerprint density at radius 3 is 2.86 bits per heavy atom. The average molecular weight is 294 g/mol. The summed E-state index contributed by atoms with van der Waals surface area (Å²) in [6, 6.07) is 12.9. The molecule has 0 amide bonds. The Morgan fingerprint density at radius 2 is 2.00 bits per heavy atom. The predicted molar refractivity (Wildman–Crippen MR) is 82.0 cm³/mol. The van der Waals surface area contributed by atoms with Gasteiger partial charge in [-0.2, -0.15) is 0 Å². The first-order chi connectivity index (χ1) is 10.7. The van der Waals surface area contributed by atoms with E-state index >= 15 is 0 Å². The third kappa shape index (κ3) is 2.02. The molecule has 4 rings (SSSR count). The topological polar surface area (TPSA) is 42.7 Å². The minimum atomic E-state index is -0.233. The van der Waals surface area contributed by atoms with E-state index in [4.69, 9.17) is 0 Å². The van der Waals surface area contributed by atoms with Crippen LogP contribution in [0.2, 0.25) is 0 Å². The van der Waals surface area contributed by atoms with Crippen LogP contribution in [0.4, 0.5) is 4.39 Å². The van der Waals surface area contributed by atoms with Crippen molar-refractivity contribution in [1.29, 1.82) is 0 Å². The molecule has 0 bridgehead atoms. The number of nitrogens with zero attached hydrogens (tertiary/aromatic N) is 3. The molecule has 0 aliphatic carbocycles. The Bertz CT molecular complexity index is 854. The number of aryl methyl sites for hydroxylation is 1. The van der Waals surface area contributed by atoms with Gasteiger partial charge in [0.2, 0.25) is 0 Å². The molecule has 4 nitrogen and oxygen atoms in total. The summed E-state index contributed by atoms with van der Waals surface area (Å²) in [5, 5.41) is 12.0. The maximum absolute atomic E-state index is 13.5. The van der Waals surface area contributed by atoms with Crippen molar-refractivity contribution in [1.82, 2.24) is 20.3 Å². The Labute approximate surface area is 127 Å². The molecule has 1 N–H and O–H groups in total. The maximum Gasteiger partial charge on any atom is 0.123 e. The number of hydrogen-bond donors (Lipinski definition) is 1. The largest absolute Gasteiger partial charge is 0.307 e. The quantitative estimate of drug-likeness (QED) is 0.750. The fourth-order valence-corrected chi connectivity index (χ4v) is 2.92. The SMILES string of the molecule is Cc1ccccc1-c1nnn2c1CNCc1cc(F)ccc1-2. The van der Waals surface area contributed by atoms with Gasteiger partial charge in [-0.25, -0.2) is 9.07 Å². The predicted octanol–water partition coefficient (Wildman–Crippen LogP) is 2.99. The summed E-state index contributed by atoms with van der Waals surface area (Å²) < 4.78 is 15.3.